The van der Waals surface area contributed by atoms with Crippen molar-refractivity contribution in [2.45, 2.75) is 316 Å². The number of hydrogen-bond donors (Lipinski definition) is 0. The van der Waals surface area contributed by atoms with Crippen LogP contribution in [0.5, 0.6) is 0 Å². The van der Waals surface area contributed by atoms with Crippen molar-refractivity contribution in [3.63, 3.8) is 0 Å². The van der Waals surface area contributed by atoms with Crippen molar-refractivity contribution >= 4 is 17.9 Å². The second-order valence-corrected chi connectivity index (χ2v) is 22.0. The number of hydrogen-bond acceptors (Lipinski definition) is 6. The van der Waals surface area contributed by atoms with Crippen molar-refractivity contribution in [1.82, 2.24) is 0 Å². The first-order valence-corrected chi connectivity index (χ1v) is 33.5. The molecule has 0 aromatic carbocycles. The molecule has 0 heterocycles. The quantitative estimate of drug-likeness (QED) is 0.0261. The van der Waals surface area contributed by atoms with Gasteiger partial charge in [-0.25, -0.2) is 0 Å². The normalized spacial score (nSPS) is 12.9. The van der Waals surface area contributed by atoms with Crippen LogP contribution in [0, 0.1) is 0 Å². The highest BCUT2D eigenvalue weighted by Crippen LogP contribution is 2.17. The third kappa shape index (κ3) is 64.6. The van der Waals surface area contributed by atoms with Crippen LogP contribution in [-0.2, 0) is 28.6 Å². The summed E-state index contributed by atoms with van der Waals surface area (Å²) in [5.74, 6) is -0.945. The fourth-order valence-corrected chi connectivity index (χ4v) is 9.26. The first-order chi connectivity index (χ1) is 39.5. The van der Waals surface area contributed by atoms with Crippen LogP contribution in [0.15, 0.2) is 122 Å². The Hall–Kier alpha value is -4.19. The molecule has 0 saturated carbocycles. The molecule has 0 rings (SSSR count). The van der Waals surface area contributed by atoms with Gasteiger partial charge in [0.05, 0.1) is 0 Å². The van der Waals surface area contributed by atoms with E-state index in [1.165, 1.54) is 135 Å². The van der Waals surface area contributed by atoms with Crippen LogP contribution in [0.3, 0.4) is 0 Å². The van der Waals surface area contributed by atoms with Gasteiger partial charge >= 0.3 is 17.9 Å². The summed E-state index contributed by atoms with van der Waals surface area (Å²) >= 11 is 0. The summed E-state index contributed by atoms with van der Waals surface area (Å²) in [6.07, 6.45) is 93.6. The predicted octanol–water partition coefficient (Wildman–Crippen LogP) is 23.2. The molecule has 6 heteroatoms. The fraction of sp³-hybridized carbons (Fsp3) is 0.689. The van der Waals surface area contributed by atoms with Crippen LogP contribution in [-0.4, -0.2) is 37.2 Å². The van der Waals surface area contributed by atoms with E-state index in [0.29, 0.717) is 19.3 Å². The molecule has 0 aliphatic carbocycles. The summed E-state index contributed by atoms with van der Waals surface area (Å²) in [6.45, 7) is 6.39. The van der Waals surface area contributed by atoms with Gasteiger partial charge in [-0.15, -0.1) is 0 Å². The lowest BCUT2D eigenvalue weighted by molar-refractivity contribution is -0.167. The maximum Gasteiger partial charge on any atom is 0.306 e. The van der Waals surface area contributed by atoms with Crippen LogP contribution in [0.4, 0.5) is 0 Å². The number of esters is 3. The molecule has 0 aromatic rings. The van der Waals surface area contributed by atoms with E-state index in [4.69, 9.17) is 14.2 Å². The van der Waals surface area contributed by atoms with E-state index in [0.717, 1.165) is 135 Å². The zero-order valence-electron chi connectivity index (χ0n) is 52.3. The molecule has 0 saturated heterocycles. The molecule has 456 valence electrons. The van der Waals surface area contributed by atoms with Crippen molar-refractivity contribution in [2.75, 3.05) is 13.2 Å². The first kappa shape index (κ1) is 75.8. The third-order valence-corrected chi connectivity index (χ3v) is 14.2. The number of ether oxygens (including phenoxy) is 3. The number of carbonyl (C=O) groups is 3. The second-order valence-electron chi connectivity index (χ2n) is 22.0. The van der Waals surface area contributed by atoms with Gasteiger partial charge in [0.1, 0.15) is 13.2 Å². The molecule has 80 heavy (non-hydrogen) atoms. The molecule has 0 bridgehead atoms. The Kier molecular flexibility index (Phi) is 63.8. The Morgan fingerprint density at radius 1 is 0.263 bits per heavy atom. The van der Waals surface area contributed by atoms with Gasteiger partial charge < -0.3 is 14.2 Å². The minimum Gasteiger partial charge on any atom is -0.462 e. The maximum atomic E-state index is 12.9. The van der Waals surface area contributed by atoms with Crippen LogP contribution in [0.2, 0.25) is 0 Å². The third-order valence-electron chi connectivity index (χ3n) is 14.2. The van der Waals surface area contributed by atoms with E-state index >= 15 is 0 Å². The molecule has 0 aromatic heterocycles. The number of allylic oxidation sites excluding steroid dienone is 20. The minimum atomic E-state index is -0.805. The van der Waals surface area contributed by atoms with E-state index in [2.05, 4.69) is 142 Å². The van der Waals surface area contributed by atoms with Gasteiger partial charge in [0.25, 0.3) is 0 Å². The molecular formula is C74H124O6. The minimum absolute atomic E-state index is 0.0996. The number of carbonyl (C=O) groups excluding carboxylic acids is 3. The Labute approximate surface area is 494 Å². The summed E-state index contributed by atoms with van der Waals surface area (Å²) in [4.78, 5) is 38.4. The summed E-state index contributed by atoms with van der Waals surface area (Å²) in [5, 5.41) is 0. The molecule has 0 radical (unpaired) electrons. The smallest absolute Gasteiger partial charge is 0.306 e. The van der Waals surface area contributed by atoms with Gasteiger partial charge in [0.15, 0.2) is 6.10 Å². The van der Waals surface area contributed by atoms with E-state index in [9.17, 15) is 14.4 Å². The van der Waals surface area contributed by atoms with Gasteiger partial charge in [0, 0.05) is 19.3 Å². The predicted molar refractivity (Wildman–Crippen MR) is 348 cm³/mol. The maximum absolute atomic E-state index is 12.9. The van der Waals surface area contributed by atoms with E-state index in [1.54, 1.807) is 0 Å². The van der Waals surface area contributed by atoms with Crippen LogP contribution < -0.4 is 0 Å². The Morgan fingerprint density at radius 3 is 0.787 bits per heavy atom. The first-order valence-electron chi connectivity index (χ1n) is 33.5. The zero-order chi connectivity index (χ0) is 57.8. The van der Waals surface area contributed by atoms with Crippen molar-refractivity contribution in [3.05, 3.63) is 122 Å². The van der Waals surface area contributed by atoms with Gasteiger partial charge in [0.2, 0.25) is 0 Å². The van der Waals surface area contributed by atoms with Gasteiger partial charge in [-0.1, -0.05) is 303 Å². The van der Waals surface area contributed by atoms with Gasteiger partial charge in [-0.05, 0) is 109 Å². The molecule has 0 aliphatic rings. The highest BCUT2D eigenvalue weighted by Gasteiger charge is 2.19. The molecule has 0 fully saturated rings. The number of unbranched alkanes of at least 4 members (excludes halogenated alkanes) is 29. The van der Waals surface area contributed by atoms with Crippen molar-refractivity contribution in [3.8, 4) is 0 Å². The van der Waals surface area contributed by atoms with Crippen molar-refractivity contribution in [2.24, 2.45) is 0 Å². The van der Waals surface area contributed by atoms with Crippen molar-refractivity contribution < 1.29 is 28.6 Å². The highest BCUT2D eigenvalue weighted by molar-refractivity contribution is 5.71. The molecule has 0 aliphatic heterocycles. The zero-order valence-corrected chi connectivity index (χ0v) is 52.3. The van der Waals surface area contributed by atoms with Gasteiger partial charge in [-0.3, -0.25) is 14.4 Å². The van der Waals surface area contributed by atoms with E-state index in [-0.39, 0.29) is 31.1 Å². The average molecular weight is 1110 g/mol. The molecule has 0 N–H and O–H groups in total. The standard InChI is InChI=1S/C74H124O6/c1-4-7-10-13-16-19-22-25-28-30-32-34-36-37-38-40-41-43-46-49-52-55-58-61-64-67-73(76)79-70-71(69-78-72(75)66-63-60-57-54-51-48-45-27-24-21-18-15-12-9-6-3)80-74(77)68-65-62-59-56-53-50-47-44-42-39-35-33-31-29-26-23-20-17-14-11-8-5-2/h7,9-10,12,16,18-19,21,25,27-28,32,34,37-38,41,43,45,51,54,71H,4-6,8,11,13-15,17,20,22-24,26,29-31,33,35-36,39-40,42,44,46-50,52-53,55-70H2,1-3H3/b10-7-,12-9-,19-16-,21-18-,28-25-,34-32-,38-37-,43-41-,45-27-,54-51-. The molecular weight excluding hydrogens is 985 g/mol. The molecule has 0 amide bonds. The second kappa shape index (κ2) is 67.3. The topological polar surface area (TPSA) is 78.9 Å². The summed E-state index contributed by atoms with van der Waals surface area (Å²) < 4.78 is 16.9. The lowest BCUT2D eigenvalue weighted by atomic mass is 10.0. The van der Waals surface area contributed by atoms with Crippen molar-refractivity contribution in [1.29, 1.82) is 0 Å². The molecule has 1 unspecified atom stereocenters. The van der Waals surface area contributed by atoms with Crippen LogP contribution in [0.25, 0.3) is 0 Å². The molecule has 6 nitrogen and oxygen atoms in total. The Morgan fingerprint density at radius 2 is 0.487 bits per heavy atom. The Bertz CT molecular complexity index is 1650. The lowest BCUT2D eigenvalue weighted by Crippen LogP contribution is -2.30. The SMILES string of the molecule is CC/C=C\C/C=C\C/C=C\C/C=C\C/C=C\C/C=C\CCCCCCCCC(=O)OCC(COC(=O)CCCC/C=C\C/C=C\C/C=C\C/C=C\CC)OC(=O)CCCCCCCCCCCCCCCCCCCCCCCC. The summed E-state index contributed by atoms with van der Waals surface area (Å²) in [7, 11) is 0. The van der Waals surface area contributed by atoms with Crippen LogP contribution in [0.1, 0.15) is 310 Å². The highest BCUT2D eigenvalue weighted by atomic mass is 16.6. The van der Waals surface area contributed by atoms with E-state index < -0.39 is 6.10 Å². The largest absolute Gasteiger partial charge is 0.462 e. The summed E-state index contributed by atoms with van der Waals surface area (Å²) in [5.41, 5.74) is 0. The fourth-order valence-electron chi connectivity index (χ4n) is 9.26. The Balaban J connectivity index is 4.41. The lowest BCUT2D eigenvalue weighted by Gasteiger charge is -2.18. The van der Waals surface area contributed by atoms with Crippen LogP contribution >= 0.6 is 0 Å². The molecule has 0 spiro atoms. The van der Waals surface area contributed by atoms with E-state index in [1.807, 2.05) is 0 Å². The monoisotopic (exact) mass is 1110 g/mol. The molecule has 1 atom stereocenters. The van der Waals surface area contributed by atoms with Gasteiger partial charge in [-0.2, -0.15) is 0 Å². The average Bonchev–Trinajstić information content (AvgIpc) is 3.46. The summed E-state index contributed by atoms with van der Waals surface area (Å²) in [6, 6.07) is 0. The number of rotatable bonds is 60.